The van der Waals surface area contributed by atoms with Gasteiger partial charge >= 0.3 is 0 Å². The summed E-state index contributed by atoms with van der Waals surface area (Å²) < 4.78 is 5.13. The predicted octanol–water partition coefficient (Wildman–Crippen LogP) is 13.8. The summed E-state index contributed by atoms with van der Waals surface area (Å²) in [4.78, 5) is 10.1. The maximum atomic E-state index is 5.07. The normalized spacial score (nSPS) is 11.7. The summed E-state index contributed by atoms with van der Waals surface area (Å²) in [7, 11) is 0. The van der Waals surface area contributed by atoms with Crippen molar-refractivity contribution in [3.05, 3.63) is 188 Å². The van der Waals surface area contributed by atoms with Crippen molar-refractivity contribution in [2.75, 3.05) is 0 Å². The summed E-state index contributed by atoms with van der Waals surface area (Å²) in [5.41, 5.74) is 10.9. The van der Waals surface area contributed by atoms with Crippen molar-refractivity contribution in [3.63, 3.8) is 0 Å². The lowest BCUT2D eigenvalue weighted by atomic mass is 9.97. The fraction of sp³-hybridized carbons (Fsp3) is 0. The second-order valence-electron chi connectivity index (χ2n) is 13.7. The number of benzene rings is 8. The summed E-state index contributed by atoms with van der Waals surface area (Å²) in [5.74, 6) is 0.710. The Morgan fingerprint density at radius 3 is 1.63 bits per heavy atom. The Bertz CT molecular complexity index is 3120. The third kappa shape index (κ3) is 4.88. The minimum absolute atomic E-state index is 0.710. The molecule has 0 unspecified atom stereocenters. The number of hydrogen-bond acceptors (Lipinski definition) is 3. The van der Waals surface area contributed by atoms with Gasteiger partial charge in [0.15, 0.2) is 5.82 Å². The Morgan fingerprint density at radius 2 is 0.944 bits per heavy atom. The SMILES string of the molecule is c1ccc(-c2cc(-c3ccccc3)nc(-c3ccc(-c4ccc5c(c4)c4c6ccccc6c6sc7ccccc7c6c4n5-c4ccccc4)cc3)n2)cc1. The van der Waals surface area contributed by atoms with E-state index in [1.807, 2.05) is 23.5 Å². The average Bonchev–Trinajstić information content (AvgIpc) is 3.81. The molecule has 0 bridgehead atoms. The first-order valence-corrected chi connectivity index (χ1v) is 19.1. The molecule has 0 saturated carbocycles. The molecule has 0 radical (unpaired) electrons. The van der Waals surface area contributed by atoms with E-state index in [2.05, 4.69) is 180 Å². The van der Waals surface area contributed by atoms with Crippen molar-refractivity contribution in [2.45, 2.75) is 0 Å². The van der Waals surface area contributed by atoms with Gasteiger partial charge in [0, 0.05) is 58.7 Å². The highest BCUT2D eigenvalue weighted by Crippen LogP contribution is 2.48. The number of aromatic nitrogens is 3. The molecule has 252 valence electrons. The van der Waals surface area contributed by atoms with E-state index >= 15 is 0 Å². The molecule has 4 heteroatoms. The number of rotatable bonds is 5. The van der Waals surface area contributed by atoms with Gasteiger partial charge < -0.3 is 4.57 Å². The summed E-state index contributed by atoms with van der Waals surface area (Å²) in [6, 6.07) is 67.0. The Hall–Kier alpha value is -6.88. The van der Waals surface area contributed by atoms with Crippen LogP contribution in [0.15, 0.2) is 188 Å². The molecule has 54 heavy (non-hydrogen) atoms. The second-order valence-corrected chi connectivity index (χ2v) is 14.8. The van der Waals surface area contributed by atoms with E-state index in [1.54, 1.807) is 0 Å². The zero-order valence-electron chi connectivity index (χ0n) is 29.1. The van der Waals surface area contributed by atoms with Crippen LogP contribution in [-0.2, 0) is 0 Å². The zero-order chi connectivity index (χ0) is 35.6. The van der Waals surface area contributed by atoms with Gasteiger partial charge in [-0.15, -0.1) is 11.3 Å². The van der Waals surface area contributed by atoms with Gasteiger partial charge in [-0.3, -0.25) is 0 Å². The number of para-hydroxylation sites is 1. The van der Waals surface area contributed by atoms with E-state index in [0.717, 1.165) is 39.3 Å². The zero-order valence-corrected chi connectivity index (χ0v) is 30.0. The molecule has 0 saturated heterocycles. The summed E-state index contributed by atoms with van der Waals surface area (Å²) in [5, 5.41) is 7.74. The van der Waals surface area contributed by atoms with E-state index in [9.17, 15) is 0 Å². The smallest absolute Gasteiger partial charge is 0.160 e. The second kappa shape index (κ2) is 12.4. The first-order chi connectivity index (χ1) is 26.8. The lowest BCUT2D eigenvalue weighted by Crippen LogP contribution is -1.96. The van der Waals surface area contributed by atoms with Crippen LogP contribution in [0, 0.1) is 0 Å². The molecule has 3 heterocycles. The highest BCUT2D eigenvalue weighted by molar-refractivity contribution is 7.27. The van der Waals surface area contributed by atoms with Crippen LogP contribution in [0.2, 0.25) is 0 Å². The standard InChI is InChI=1S/C50H31N3S/c1-4-14-33(15-5-1)42-31-43(34-16-6-2-7-17-34)52-50(51-42)35-26-24-32(25-27-35)36-28-29-44-41(30-36)46-38-20-10-11-21-39(38)49-47(40-22-12-13-23-45(40)54-49)48(46)53(44)37-18-8-3-9-19-37/h1-31H. The van der Waals surface area contributed by atoms with Gasteiger partial charge in [0.05, 0.1) is 22.4 Å². The lowest BCUT2D eigenvalue weighted by molar-refractivity contribution is 1.18. The van der Waals surface area contributed by atoms with Gasteiger partial charge in [-0.2, -0.15) is 0 Å². The van der Waals surface area contributed by atoms with E-state index < -0.39 is 0 Å². The molecule has 0 aliphatic heterocycles. The quantitative estimate of drug-likeness (QED) is 0.178. The first kappa shape index (κ1) is 30.7. The molecule has 0 fully saturated rings. The number of hydrogen-bond donors (Lipinski definition) is 0. The molecular formula is C50H31N3S. The van der Waals surface area contributed by atoms with Crippen molar-refractivity contribution >= 4 is 64.1 Å². The Morgan fingerprint density at radius 1 is 0.389 bits per heavy atom. The van der Waals surface area contributed by atoms with Gasteiger partial charge in [-0.25, -0.2) is 9.97 Å². The van der Waals surface area contributed by atoms with Gasteiger partial charge in [0.2, 0.25) is 0 Å². The van der Waals surface area contributed by atoms with Gasteiger partial charge in [0.25, 0.3) is 0 Å². The van der Waals surface area contributed by atoms with Crippen molar-refractivity contribution in [1.29, 1.82) is 0 Å². The van der Waals surface area contributed by atoms with Gasteiger partial charge in [-0.1, -0.05) is 152 Å². The van der Waals surface area contributed by atoms with E-state index in [-0.39, 0.29) is 0 Å². The largest absolute Gasteiger partial charge is 0.309 e. The van der Waals surface area contributed by atoms with Crippen LogP contribution in [0.5, 0.6) is 0 Å². The summed E-state index contributed by atoms with van der Waals surface area (Å²) >= 11 is 1.89. The molecule has 0 spiro atoms. The molecule has 0 amide bonds. The van der Waals surface area contributed by atoms with Crippen LogP contribution in [0.1, 0.15) is 0 Å². The predicted molar refractivity (Wildman–Crippen MR) is 229 cm³/mol. The fourth-order valence-electron chi connectivity index (χ4n) is 8.10. The molecule has 11 rings (SSSR count). The van der Waals surface area contributed by atoms with Gasteiger partial charge in [-0.05, 0) is 52.9 Å². The third-order valence-corrected chi connectivity index (χ3v) is 11.8. The number of nitrogens with zero attached hydrogens (tertiary/aromatic N) is 3. The molecule has 3 aromatic heterocycles. The minimum atomic E-state index is 0.710. The van der Waals surface area contributed by atoms with Crippen molar-refractivity contribution in [1.82, 2.24) is 14.5 Å². The lowest BCUT2D eigenvalue weighted by Gasteiger charge is -2.11. The van der Waals surface area contributed by atoms with Crippen LogP contribution in [0.3, 0.4) is 0 Å². The van der Waals surface area contributed by atoms with E-state index in [1.165, 1.54) is 58.3 Å². The van der Waals surface area contributed by atoms with E-state index in [0.29, 0.717) is 5.82 Å². The maximum Gasteiger partial charge on any atom is 0.160 e. The first-order valence-electron chi connectivity index (χ1n) is 18.2. The van der Waals surface area contributed by atoms with Crippen LogP contribution in [0.4, 0.5) is 0 Å². The molecule has 0 atom stereocenters. The summed E-state index contributed by atoms with van der Waals surface area (Å²) in [6.45, 7) is 0. The average molecular weight is 706 g/mol. The van der Waals surface area contributed by atoms with Crippen molar-refractivity contribution in [3.8, 4) is 50.7 Å². The highest BCUT2D eigenvalue weighted by Gasteiger charge is 2.22. The van der Waals surface area contributed by atoms with Gasteiger partial charge in [0.1, 0.15) is 0 Å². The molecular weight excluding hydrogens is 675 g/mol. The van der Waals surface area contributed by atoms with Crippen LogP contribution in [0.25, 0.3) is 103 Å². The number of thiophene rings is 1. The Kier molecular flexibility index (Phi) is 7.04. The van der Waals surface area contributed by atoms with Crippen LogP contribution >= 0.6 is 11.3 Å². The molecule has 11 aromatic rings. The molecule has 3 nitrogen and oxygen atoms in total. The minimum Gasteiger partial charge on any atom is -0.309 e. The third-order valence-electron chi connectivity index (χ3n) is 10.6. The molecule has 0 N–H and O–H groups in total. The molecule has 0 aliphatic rings. The van der Waals surface area contributed by atoms with Crippen LogP contribution < -0.4 is 0 Å². The Balaban J connectivity index is 1.11. The van der Waals surface area contributed by atoms with Crippen LogP contribution in [-0.4, -0.2) is 14.5 Å². The fourth-order valence-corrected chi connectivity index (χ4v) is 9.34. The maximum absolute atomic E-state index is 5.07. The van der Waals surface area contributed by atoms with Crippen molar-refractivity contribution in [2.24, 2.45) is 0 Å². The highest BCUT2D eigenvalue weighted by atomic mass is 32.1. The monoisotopic (exact) mass is 705 g/mol. The molecule has 8 aromatic carbocycles. The number of fused-ring (bicyclic) bond motifs is 10. The van der Waals surface area contributed by atoms with E-state index in [4.69, 9.17) is 9.97 Å². The Labute approximate surface area is 316 Å². The topological polar surface area (TPSA) is 30.7 Å². The molecule has 0 aliphatic carbocycles. The summed E-state index contributed by atoms with van der Waals surface area (Å²) in [6.07, 6.45) is 0. The van der Waals surface area contributed by atoms with Crippen molar-refractivity contribution < 1.29 is 0 Å².